The van der Waals surface area contributed by atoms with Gasteiger partial charge in [0.05, 0.1) is 27.8 Å². The molecule has 2 amide bonds. The van der Waals surface area contributed by atoms with Gasteiger partial charge in [0.25, 0.3) is 0 Å². The third-order valence-corrected chi connectivity index (χ3v) is 21.4. The Morgan fingerprint density at radius 1 is 0.478 bits per heavy atom. The minimum Gasteiger partial charge on any atom is -0.480 e. The maximum atomic E-state index is 13.2. The Morgan fingerprint density at radius 3 is 1.00 bits per heavy atom. The molecule has 25 heteroatoms. The van der Waals surface area contributed by atoms with E-state index in [1.165, 1.54) is 0 Å². The number of carboxylic acids is 2. The highest BCUT2D eigenvalue weighted by molar-refractivity contribution is 6.45. The second-order valence-corrected chi connectivity index (χ2v) is 33.8. The van der Waals surface area contributed by atoms with E-state index in [0.29, 0.717) is 62.4 Å². The topological polar surface area (TPSA) is 312 Å². The zero-order chi connectivity index (χ0) is 69.4. The third-order valence-electron chi connectivity index (χ3n) is 21.4. The lowest BCUT2D eigenvalue weighted by Gasteiger charge is -2.35. The predicted molar refractivity (Wildman–Crippen MR) is 376 cm³/mol. The van der Waals surface area contributed by atoms with Gasteiger partial charge >= 0.3 is 40.4 Å². The van der Waals surface area contributed by atoms with Crippen molar-refractivity contribution >= 4 is 52.2 Å². The molecule has 21 nitrogen and oxygen atoms in total. The van der Waals surface area contributed by atoms with Crippen LogP contribution in [0.1, 0.15) is 216 Å². The Labute approximate surface area is 560 Å². The molecule has 0 radical (unpaired) electrons. The molecule has 12 atom stereocenters. The number of carbonyl (C=O) groups is 4. The Bertz CT molecular complexity index is 2220. The van der Waals surface area contributed by atoms with Crippen molar-refractivity contribution in [2.75, 3.05) is 61.9 Å². The van der Waals surface area contributed by atoms with Crippen molar-refractivity contribution < 1.29 is 68.1 Å². The van der Waals surface area contributed by atoms with E-state index < -0.39 is 37.3 Å². The summed E-state index contributed by atoms with van der Waals surface area (Å²) in [6.45, 7) is 37.9. The van der Waals surface area contributed by atoms with E-state index in [9.17, 15) is 29.4 Å². The van der Waals surface area contributed by atoms with Crippen LogP contribution in [-0.2, 0) is 37.8 Å². The smallest absolute Gasteiger partial charge is 0.457 e. The van der Waals surface area contributed by atoms with Gasteiger partial charge in [-0.2, -0.15) is 0 Å². The number of amides is 2. The van der Waals surface area contributed by atoms with Crippen LogP contribution >= 0.6 is 0 Å². The van der Waals surface area contributed by atoms with Crippen molar-refractivity contribution in [2.24, 2.45) is 69.6 Å². The maximum Gasteiger partial charge on any atom is 0.457 e. The summed E-state index contributed by atoms with van der Waals surface area (Å²) in [6, 6.07) is 0. The minimum absolute atomic E-state index is 0. The van der Waals surface area contributed by atoms with Gasteiger partial charge in [0.15, 0.2) is 0 Å². The molecule has 0 spiro atoms. The average Bonchev–Trinajstić information content (AvgIpc) is 1.66. The van der Waals surface area contributed by atoms with E-state index >= 15 is 0 Å². The Balaban J connectivity index is 0.000000620. The van der Waals surface area contributed by atoms with E-state index in [4.69, 9.17) is 50.2 Å². The van der Waals surface area contributed by atoms with Crippen LogP contribution in [0.5, 0.6) is 0 Å². The summed E-state index contributed by atoms with van der Waals surface area (Å²) in [7, 11) is 8.85. The molecule has 2 saturated heterocycles. The van der Waals surface area contributed by atoms with Gasteiger partial charge in [-0.25, -0.2) is 0 Å². The van der Waals surface area contributed by atoms with Crippen LogP contribution in [0, 0.1) is 58.2 Å². The molecule has 12 unspecified atom stereocenters. The SMILES string of the molecule is C.C.CCC1CC(CCB2OC(C)(C)C(C)(C)O2)CC1(C)C(=O)NC(C)(C)C.CN(C)CC1CC(CCB(O)O)CC1(N)C(=O)O.CN(C)CC1CC(CCB(O)O)CC1(N)C(=O)O.CN(C)CC1CC(CCB2OC(C)(C)C(C)(C)O2)CC1(C)C(=O)NC(C)(C)C. The molecular formula is C67H137B4N7O14. The first-order chi connectivity index (χ1) is 40.8. The van der Waals surface area contributed by atoms with Crippen molar-refractivity contribution in [2.45, 2.75) is 286 Å². The summed E-state index contributed by atoms with van der Waals surface area (Å²) in [4.78, 5) is 55.0. The van der Waals surface area contributed by atoms with Crippen LogP contribution in [0.3, 0.4) is 0 Å². The first-order valence-corrected chi connectivity index (χ1v) is 33.8. The minimum atomic E-state index is -1.32. The normalized spacial score (nSPS) is 31.7. The summed E-state index contributed by atoms with van der Waals surface area (Å²) in [5.74, 6) is 0.533. The second kappa shape index (κ2) is 34.4. The zero-order valence-corrected chi connectivity index (χ0v) is 60.5. The second-order valence-electron chi connectivity index (χ2n) is 33.8. The zero-order valence-electron chi connectivity index (χ0n) is 60.5. The molecule has 0 aromatic carbocycles. The van der Waals surface area contributed by atoms with Gasteiger partial charge in [-0.1, -0.05) is 67.7 Å². The first-order valence-electron chi connectivity index (χ1n) is 33.8. The van der Waals surface area contributed by atoms with Crippen LogP contribution < -0.4 is 22.1 Å². The van der Waals surface area contributed by atoms with Crippen LogP contribution in [-0.4, -0.2) is 204 Å². The largest absolute Gasteiger partial charge is 0.480 e. The van der Waals surface area contributed by atoms with E-state index in [2.05, 4.69) is 147 Å². The number of hydrogen-bond donors (Lipinski definition) is 10. The van der Waals surface area contributed by atoms with Crippen LogP contribution in [0.15, 0.2) is 0 Å². The van der Waals surface area contributed by atoms with E-state index in [1.54, 1.807) is 0 Å². The quantitative estimate of drug-likeness (QED) is 0.0429. The molecule has 0 aromatic heterocycles. The molecule has 6 fully saturated rings. The number of carbonyl (C=O) groups excluding carboxylic acids is 2. The number of nitrogens with zero attached hydrogens (tertiary/aromatic N) is 3. The molecule has 92 heavy (non-hydrogen) atoms. The van der Waals surface area contributed by atoms with Gasteiger partial charge in [-0.3, -0.25) is 19.2 Å². The van der Waals surface area contributed by atoms with Gasteiger partial charge < -0.3 is 85.7 Å². The summed E-state index contributed by atoms with van der Waals surface area (Å²) in [6.07, 6.45) is 13.1. The molecule has 6 rings (SSSR count). The van der Waals surface area contributed by atoms with Crippen molar-refractivity contribution in [1.29, 1.82) is 0 Å². The molecule has 2 heterocycles. The lowest BCUT2D eigenvalue weighted by molar-refractivity contribution is -0.146. The lowest BCUT2D eigenvalue weighted by atomic mass is 9.76. The molecule has 0 bridgehead atoms. The van der Waals surface area contributed by atoms with Gasteiger partial charge in [0.1, 0.15) is 11.1 Å². The third kappa shape index (κ3) is 24.6. The highest BCUT2D eigenvalue weighted by Crippen LogP contribution is 2.52. The summed E-state index contributed by atoms with van der Waals surface area (Å²) < 4.78 is 24.6. The van der Waals surface area contributed by atoms with Crippen LogP contribution in [0.25, 0.3) is 0 Å². The average molecular weight is 1310 g/mol. The summed E-state index contributed by atoms with van der Waals surface area (Å²) >= 11 is 0. The van der Waals surface area contributed by atoms with Gasteiger partial charge in [-0.05, 0) is 251 Å². The predicted octanol–water partition coefficient (Wildman–Crippen LogP) is 8.51. The molecule has 12 N–H and O–H groups in total. The van der Waals surface area contributed by atoms with Crippen molar-refractivity contribution in [3.63, 3.8) is 0 Å². The molecule has 536 valence electrons. The molecule has 4 saturated carbocycles. The molecule has 2 aliphatic heterocycles. The van der Waals surface area contributed by atoms with Crippen LogP contribution in [0.4, 0.5) is 0 Å². The highest BCUT2D eigenvalue weighted by atomic mass is 16.7. The molecule has 0 aromatic rings. The highest BCUT2D eigenvalue weighted by Gasteiger charge is 2.56. The number of carboxylic acid groups (broad SMARTS) is 2. The van der Waals surface area contributed by atoms with Gasteiger partial charge in [-0.15, -0.1) is 0 Å². The fraction of sp³-hybridized carbons (Fsp3) is 0.940. The Morgan fingerprint density at radius 2 is 0.739 bits per heavy atom. The number of nitrogens with two attached hydrogens (primary N) is 2. The fourth-order valence-electron chi connectivity index (χ4n) is 15.0. The monoisotopic (exact) mass is 1310 g/mol. The van der Waals surface area contributed by atoms with E-state index in [1.807, 2.05) is 38.0 Å². The number of aliphatic carboxylic acids is 2. The number of rotatable bonds is 23. The maximum absolute atomic E-state index is 13.2. The van der Waals surface area contributed by atoms with Crippen molar-refractivity contribution in [3.8, 4) is 0 Å². The first kappa shape index (κ1) is 87.6. The number of nitrogens with one attached hydrogen (secondary N) is 2. The summed E-state index contributed by atoms with van der Waals surface area (Å²) in [5, 5.41) is 60.5. The molecule has 6 aliphatic rings. The number of hydrogen-bond acceptors (Lipinski definition) is 17. The van der Waals surface area contributed by atoms with Gasteiger partial charge in [0, 0.05) is 48.0 Å². The fourth-order valence-corrected chi connectivity index (χ4v) is 15.0. The Kier molecular flexibility index (Phi) is 32.8. The molecular weight excluding hydrogens is 1170 g/mol. The molecule has 4 aliphatic carbocycles. The van der Waals surface area contributed by atoms with Crippen LogP contribution in [0.2, 0.25) is 25.3 Å². The van der Waals surface area contributed by atoms with E-state index in [-0.39, 0.29) is 122 Å². The Hall–Kier alpha value is -2.38. The summed E-state index contributed by atoms with van der Waals surface area (Å²) in [5.41, 5.74) is 7.66. The van der Waals surface area contributed by atoms with Crippen molar-refractivity contribution in [1.82, 2.24) is 25.3 Å². The standard InChI is InChI=1S/C22H43BN2O3.C21H40BNO3.2C11H23BN2O4.2CH4/c1-19(2,3)24-18(26)22(8)14-16(13-17(22)15-25(9)10)11-12-23-27-20(4,5)21(6,7)28-23;1-10-16-13-15(14-21(16,9)17(24)23-18(2,3)4)11-12-22-25-19(5,6)20(7,8)26-22;2*1-14(2)7-9-5-8(3-4-12(17)18)6-11(9,13)10(15)16;;/h16-17H,11-15H2,1-10H3,(H,24,26);15-16H,10-14H2,1-9H3,(H,23,24);2*8-9,17-18H,3-7,13H2,1-2H3,(H,15,16);2*1H4. The van der Waals surface area contributed by atoms with Crippen molar-refractivity contribution in [3.05, 3.63) is 0 Å². The van der Waals surface area contributed by atoms with E-state index in [0.717, 1.165) is 77.0 Å². The van der Waals surface area contributed by atoms with Gasteiger partial charge in [0.2, 0.25) is 11.8 Å². The lowest BCUT2D eigenvalue weighted by Crippen LogP contribution is -2.53.